The largest absolute Gasteiger partial charge is 0.349 e. The van der Waals surface area contributed by atoms with E-state index in [2.05, 4.69) is 29.6 Å². The van der Waals surface area contributed by atoms with Crippen molar-refractivity contribution in [3.05, 3.63) is 24.3 Å². The lowest BCUT2D eigenvalue weighted by molar-refractivity contribution is -0.124. The molecular formula is C10H11NO. The lowest BCUT2D eigenvalue weighted by Crippen LogP contribution is -2.42. The minimum atomic E-state index is 0.116. The van der Waals surface area contributed by atoms with Crippen LogP contribution in [0.15, 0.2) is 24.3 Å². The van der Waals surface area contributed by atoms with Gasteiger partial charge in [0.1, 0.15) is 0 Å². The molecule has 0 aromatic rings. The summed E-state index contributed by atoms with van der Waals surface area (Å²) in [7, 11) is 0. The van der Waals surface area contributed by atoms with Crippen LogP contribution >= 0.6 is 0 Å². The summed E-state index contributed by atoms with van der Waals surface area (Å²) >= 11 is 0. The number of amides is 1. The van der Waals surface area contributed by atoms with E-state index in [0.717, 1.165) is 6.42 Å². The van der Waals surface area contributed by atoms with Gasteiger partial charge in [-0.1, -0.05) is 24.3 Å². The van der Waals surface area contributed by atoms with Crippen molar-refractivity contribution >= 4 is 5.91 Å². The van der Waals surface area contributed by atoms with E-state index < -0.39 is 0 Å². The quantitative estimate of drug-likeness (QED) is 0.525. The molecule has 1 fully saturated rings. The zero-order valence-electron chi connectivity index (χ0n) is 6.73. The van der Waals surface area contributed by atoms with Gasteiger partial charge in [0.15, 0.2) is 0 Å². The molecule has 0 radical (unpaired) electrons. The SMILES string of the molecule is O=C1N[C@H]2C=C[C@@H]1[C@@H]1C=C[C@H]2C1. The number of nitrogens with one attached hydrogen (secondary N) is 1. The van der Waals surface area contributed by atoms with Crippen molar-refractivity contribution in [1.29, 1.82) is 0 Å². The van der Waals surface area contributed by atoms with E-state index in [1.165, 1.54) is 0 Å². The molecule has 4 rings (SSSR count). The van der Waals surface area contributed by atoms with E-state index in [1.807, 2.05) is 0 Å². The van der Waals surface area contributed by atoms with Gasteiger partial charge >= 0.3 is 0 Å². The second-order valence-electron chi connectivity index (χ2n) is 3.89. The second kappa shape index (κ2) is 2.00. The summed E-state index contributed by atoms with van der Waals surface area (Å²) in [4.78, 5) is 11.5. The minimum absolute atomic E-state index is 0.116. The molecule has 0 spiro atoms. The molecule has 0 aromatic carbocycles. The first-order valence-electron chi connectivity index (χ1n) is 4.51. The van der Waals surface area contributed by atoms with E-state index in [-0.39, 0.29) is 17.9 Å². The zero-order chi connectivity index (χ0) is 8.13. The van der Waals surface area contributed by atoms with Gasteiger partial charge in [0.25, 0.3) is 0 Å². The molecule has 1 saturated heterocycles. The summed E-state index contributed by atoms with van der Waals surface area (Å²) in [6.07, 6.45) is 9.86. The molecule has 2 nitrogen and oxygen atoms in total. The summed E-state index contributed by atoms with van der Waals surface area (Å²) in [6.45, 7) is 0. The van der Waals surface area contributed by atoms with Crippen molar-refractivity contribution in [3.63, 3.8) is 0 Å². The van der Waals surface area contributed by atoms with Crippen LogP contribution in [0.25, 0.3) is 0 Å². The first-order valence-corrected chi connectivity index (χ1v) is 4.51. The van der Waals surface area contributed by atoms with Crippen molar-refractivity contribution < 1.29 is 4.79 Å². The average Bonchev–Trinajstić information content (AvgIpc) is 2.40. The molecule has 4 atom stereocenters. The fraction of sp³-hybridized carbons (Fsp3) is 0.500. The molecule has 0 unspecified atom stereocenters. The monoisotopic (exact) mass is 161 g/mol. The molecule has 2 heteroatoms. The van der Waals surface area contributed by atoms with E-state index in [4.69, 9.17) is 0 Å². The Morgan fingerprint density at radius 3 is 2.83 bits per heavy atom. The van der Waals surface area contributed by atoms with Gasteiger partial charge in [-0.25, -0.2) is 0 Å². The molecule has 1 amide bonds. The van der Waals surface area contributed by atoms with Crippen molar-refractivity contribution in [3.8, 4) is 0 Å². The maximum Gasteiger partial charge on any atom is 0.227 e. The molecule has 1 N–H and O–H groups in total. The summed E-state index contributed by atoms with van der Waals surface area (Å²) in [5.41, 5.74) is 0. The van der Waals surface area contributed by atoms with E-state index in [9.17, 15) is 4.79 Å². The third-order valence-corrected chi connectivity index (χ3v) is 3.21. The third kappa shape index (κ3) is 0.675. The van der Waals surface area contributed by atoms with Gasteiger partial charge in [-0.3, -0.25) is 4.79 Å². The molecule has 2 aliphatic carbocycles. The Morgan fingerprint density at radius 2 is 2.00 bits per heavy atom. The molecule has 4 aliphatic rings. The van der Waals surface area contributed by atoms with Gasteiger partial charge in [0, 0.05) is 5.92 Å². The first kappa shape index (κ1) is 6.46. The first-order chi connectivity index (χ1) is 5.84. The summed E-state index contributed by atoms with van der Waals surface area (Å²) in [6, 6.07) is 0.275. The number of hydrogen-bond acceptors (Lipinski definition) is 1. The standard InChI is InChI=1S/C10H11NO/c12-10-8-3-4-9(11-10)7-2-1-6(8)5-7/h1-4,6-9H,5H2,(H,11,12)/t6-,7+,8-,9+/m1/s1. The minimum Gasteiger partial charge on any atom is -0.349 e. The van der Waals surface area contributed by atoms with Crippen LogP contribution in [0, 0.1) is 17.8 Å². The molecule has 0 saturated carbocycles. The summed E-state index contributed by atoms with van der Waals surface area (Å²) in [5, 5.41) is 3.03. The molecule has 2 aliphatic heterocycles. The second-order valence-corrected chi connectivity index (χ2v) is 3.89. The molecule has 12 heavy (non-hydrogen) atoms. The summed E-state index contributed by atoms with van der Waals surface area (Å²) < 4.78 is 0. The van der Waals surface area contributed by atoms with E-state index in [0.29, 0.717) is 11.8 Å². The van der Waals surface area contributed by atoms with Gasteiger partial charge < -0.3 is 5.32 Å². The predicted octanol–water partition coefficient (Wildman–Crippen LogP) is 0.863. The van der Waals surface area contributed by atoms with Gasteiger partial charge in [-0.05, 0) is 12.3 Å². The van der Waals surface area contributed by atoms with E-state index in [1.54, 1.807) is 0 Å². The highest BCUT2D eigenvalue weighted by Crippen LogP contribution is 2.38. The highest BCUT2D eigenvalue weighted by molar-refractivity contribution is 5.83. The number of hydrogen-bond donors (Lipinski definition) is 1. The van der Waals surface area contributed by atoms with Crippen molar-refractivity contribution in [2.75, 3.05) is 0 Å². The lowest BCUT2D eigenvalue weighted by atomic mass is 9.91. The van der Waals surface area contributed by atoms with Crippen LogP contribution in [0.3, 0.4) is 0 Å². The Morgan fingerprint density at radius 1 is 1.17 bits per heavy atom. The Labute approximate surface area is 71.3 Å². The Balaban J connectivity index is 2.11. The predicted molar refractivity (Wildman–Crippen MR) is 45.3 cm³/mol. The van der Waals surface area contributed by atoms with Crippen LogP contribution in [0.1, 0.15) is 6.42 Å². The van der Waals surface area contributed by atoms with Crippen molar-refractivity contribution in [2.24, 2.45) is 17.8 Å². The Kier molecular flexibility index (Phi) is 1.08. The summed E-state index contributed by atoms with van der Waals surface area (Å²) in [5.74, 6) is 1.37. The van der Waals surface area contributed by atoms with Crippen LogP contribution in [0.2, 0.25) is 0 Å². The smallest absolute Gasteiger partial charge is 0.227 e. The lowest BCUT2D eigenvalue weighted by Gasteiger charge is -2.24. The van der Waals surface area contributed by atoms with Crippen LogP contribution in [-0.4, -0.2) is 11.9 Å². The molecule has 62 valence electrons. The number of carbonyl (C=O) groups is 1. The average molecular weight is 161 g/mol. The topological polar surface area (TPSA) is 29.1 Å². The Hall–Kier alpha value is -1.05. The fourth-order valence-corrected chi connectivity index (χ4v) is 2.51. The van der Waals surface area contributed by atoms with Gasteiger partial charge in [-0.2, -0.15) is 0 Å². The highest BCUT2D eigenvalue weighted by atomic mass is 16.2. The number of allylic oxidation sites excluding steroid dienone is 1. The highest BCUT2D eigenvalue weighted by Gasteiger charge is 2.40. The van der Waals surface area contributed by atoms with Crippen LogP contribution < -0.4 is 5.32 Å². The van der Waals surface area contributed by atoms with Gasteiger partial charge in [0.2, 0.25) is 5.91 Å². The third-order valence-electron chi connectivity index (χ3n) is 3.21. The van der Waals surface area contributed by atoms with Crippen LogP contribution in [-0.2, 0) is 4.79 Å². The van der Waals surface area contributed by atoms with Crippen LogP contribution in [0.5, 0.6) is 0 Å². The molecule has 0 aromatic heterocycles. The number of carbonyl (C=O) groups excluding carboxylic acids is 1. The normalized spacial score (nSPS) is 47.8. The van der Waals surface area contributed by atoms with E-state index >= 15 is 0 Å². The van der Waals surface area contributed by atoms with Crippen molar-refractivity contribution in [2.45, 2.75) is 12.5 Å². The molecule has 4 bridgehead atoms. The van der Waals surface area contributed by atoms with Crippen LogP contribution in [0.4, 0.5) is 0 Å². The molecule has 2 heterocycles. The zero-order valence-corrected chi connectivity index (χ0v) is 6.73. The number of rotatable bonds is 0. The van der Waals surface area contributed by atoms with Crippen molar-refractivity contribution in [1.82, 2.24) is 5.32 Å². The maximum atomic E-state index is 11.5. The fourth-order valence-electron chi connectivity index (χ4n) is 2.51. The van der Waals surface area contributed by atoms with Gasteiger partial charge in [-0.15, -0.1) is 0 Å². The molecular weight excluding hydrogens is 150 g/mol. The Bertz CT molecular complexity index is 292. The number of fused-ring (bicyclic) bond motifs is 1. The van der Waals surface area contributed by atoms with Gasteiger partial charge in [0.05, 0.1) is 12.0 Å². The maximum absolute atomic E-state index is 11.5.